The summed E-state index contributed by atoms with van der Waals surface area (Å²) in [6, 6.07) is 5.08. The van der Waals surface area contributed by atoms with Crippen LogP contribution >= 0.6 is 0 Å². The predicted octanol–water partition coefficient (Wildman–Crippen LogP) is -1.19. The molecule has 1 aliphatic heterocycles. The summed E-state index contributed by atoms with van der Waals surface area (Å²) in [7, 11) is 0. The number of hydrogen-bond acceptors (Lipinski definition) is 7. The van der Waals surface area contributed by atoms with Crippen molar-refractivity contribution in [3.8, 4) is 5.75 Å². The normalized spacial score (nSPS) is 30.8. The van der Waals surface area contributed by atoms with Gasteiger partial charge in [0.05, 0.1) is 13.2 Å². The lowest BCUT2D eigenvalue weighted by Gasteiger charge is -2.41. The number of rotatable bonds is 5. The van der Waals surface area contributed by atoms with Crippen molar-refractivity contribution in [1.82, 2.24) is 10.3 Å². The highest BCUT2D eigenvalue weighted by molar-refractivity contribution is 5.84. The summed E-state index contributed by atoms with van der Waals surface area (Å²) in [4.78, 5) is 3.12. The van der Waals surface area contributed by atoms with Crippen LogP contribution in [0.15, 0.2) is 24.4 Å². The molecule has 4 atom stereocenters. The topological polar surface area (TPSA) is 138 Å². The minimum atomic E-state index is -1.95. The molecule has 0 aliphatic carbocycles. The molecule has 8 heteroatoms. The van der Waals surface area contributed by atoms with Gasteiger partial charge < -0.3 is 40.6 Å². The van der Waals surface area contributed by atoms with E-state index in [9.17, 15) is 25.5 Å². The van der Waals surface area contributed by atoms with E-state index >= 15 is 0 Å². The van der Waals surface area contributed by atoms with E-state index in [2.05, 4.69) is 10.3 Å². The average molecular weight is 338 g/mol. The van der Waals surface area contributed by atoms with E-state index in [0.29, 0.717) is 13.0 Å². The summed E-state index contributed by atoms with van der Waals surface area (Å²) in [5.41, 5.74) is 1.92. The van der Waals surface area contributed by atoms with Crippen LogP contribution in [0.3, 0.4) is 0 Å². The first kappa shape index (κ1) is 17.2. The summed E-state index contributed by atoms with van der Waals surface area (Å²) in [6.45, 7) is 0.142. The van der Waals surface area contributed by atoms with Gasteiger partial charge in [0.25, 0.3) is 0 Å². The Morgan fingerprint density at radius 1 is 1.29 bits per heavy atom. The maximum atomic E-state index is 10.2. The Morgan fingerprint density at radius 3 is 2.88 bits per heavy atom. The first-order valence-electron chi connectivity index (χ1n) is 7.81. The Kier molecular flexibility index (Phi) is 4.77. The molecule has 3 rings (SSSR count). The minimum Gasteiger partial charge on any atom is -0.508 e. The zero-order valence-electron chi connectivity index (χ0n) is 13.0. The molecule has 0 amide bonds. The molecule has 0 bridgehead atoms. The first-order valence-corrected chi connectivity index (χ1v) is 7.81. The highest BCUT2D eigenvalue weighted by atomic mass is 16.6. The second-order valence-corrected chi connectivity index (χ2v) is 6.13. The van der Waals surface area contributed by atoms with Gasteiger partial charge in [-0.15, -0.1) is 0 Å². The Bertz CT molecular complexity index is 705. The number of ether oxygens (including phenoxy) is 1. The van der Waals surface area contributed by atoms with E-state index in [-0.39, 0.29) is 18.9 Å². The summed E-state index contributed by atoms with van der Waals surface area (Å²) >= 11 is 0. The quantitative estimate of drug-likeness (QED) is 0.340. The van der Waals surface area contributed by atoms with Gasteiger partial charge in [-0.2, -0.15) is 0 Å². The van der Waals surface area contributed by atoms with Crippen LogP contribution in [0.1, 0.15) is 5.56 Å². The van der Waals surface area contributed by atoms with E-state index in [1.807, 2.05) is 6.20 Å². The fourth-order valence-electron chi connectivity index (χ4n) is 2.91. The molecule has 8 nitrogen and oxygen atoms in total. The predicted molar refractivity (Wildman–Crippen MR) is 85.5 cm³/mol. The monoisotopic (exact) mass is 338 g/mol. The highest BCUT2D eigenvalue weighted by Gasteiger charge is 2.48. The number of phenolic OH excluding ortho intramolecular Hbond substituents is 1. The zero-order chi connectivity index (χ0) is 17.3. The molecular formula is C16H22N2O6. The molecule has 0 spiro atoms. The van der Waals surface area contributed by atoms with Crippen molar-refractivity contribution >= 4 is 10.9 Å². The Hall–Kier alpha value is -1.68. The molecule has 2 heterocycles. The molecule has 1 saturated heterocycles. The van der Waals surface area contributed by atoms with E-state index in [4.69, 9.17) is 4.74 Å². The number of aromatic amines is 1. The van der Waals surface area contributed by atoms with E-state index in [1.165, 1.54) is 0 Å². The van der Waals surface area contributed by atoms with Gasteiger partial charge >= 0.3 is 0 Å². The Balaban J connectivity index is 1.56. The third kappa shape index (κ3) is 3.25. The molecular weight excluding hydrogens is 316 g/mol. The van der Waals surface area contributed by atoms with Gasteiger partial charge in [-0.05, 0) is 36.7 Å². The van der Waals surface area contributed by atoms with Gasteiger partial charge in [0.2, 0.25) is 5.79 Å². The molecule has 2 aromatic rings. The maximum Gasteiger partial charge on any atom is 0.207 e. The third-order valence-electron chi connectivity index (χ3n) is 4.38. The van der Waals surface area contributed by atoms with Crippen LogP contribution in [0.4, 0.5) is 0 Å². The maximum absolute atomic E-state index is 10.2. The molecule has 132 valence electrons. The van der Waals surface area contributed by atoms with Crippen LogP contribution in [-0.2, 0) is 11.2 Å². The van der Waals surface area contributed by atoms with Gasteiger partial charge in [0.15, 0.2) is 0 Å². The Labute approximate surface area is 138 Å². The molecule has 0 radical (unpaired) electrons. The van der Waals surface area contributed by atoms with Crippen LogP contribution in [0, 0.1) is 0 Å². The number of aromatic nitrogens is 1. The number of aliphatic hydroxyl groups excluding tert-OH is 3. The van der Waals surface area contributed by atoms with Crippen LogP contribution in [0.25, 0.3) is 10.9 Å². The fourth-order valence-corrected chi connectivity index (χ4v) is 2.91. The molecule has 1 aromatic heterocycles. The zero-order valence-corrected chi connectivity index (χ0v) is 13.0. The molecule has 0 saturated carbocycles. The van der Waals surface area contributed by atoms with E-state index < -0.39 is 24.1 Å². The van der Waals surface area contributed by atoms with Gasteiger partial charge in [-0.3, -0.25) is 0 Å². The molecule has 24 heavy (non-hydrogen) atoms. The molecule has 4 unspecified atom stereocenters. The summed E-state index contributed by atoms with van der Waals surface area (Å²) < 4.78 is 5.08. The second kappa shape index (κ2) is 6.67. The van der Waals surface area contributed by atoms with Crippen LogP contribution in [-0.4, -0.2) is 74.3 Å². The number of aromatic hydroxyl groups is 1. The number of phenols is 1. The average Bonchev–Trinajstić information content (AvgIpc) is 2.96. The lowest BCUT2D eigenvalue weighted by atomic mass is 9.97. The molecule has 1 fully saturated rings. The summed E-state index contributed by atoms with van der Waals surface area (Å²) in [6.07, 6.45) is -1.80. The van der Waals surface area contributed by atoms with Crippen molar-refractivity contribution in [2.45, 2.75) is 30.5 Å². The largest absolute Gasteiger partial charge is 0.508 e. The van der Waals surface area contributed by atoms with Crippen molar-refractivity contribution < 1.29 is 30.3 Å². The number of aliphatic hydroxyl groups is 4. The lowest BCUT2D eigenvalue weighted by molar-refractivity contribution is -0.317. The number of benzene rings is 1. The number of fused-ring (bicyclic) bond motifs is 1. The molecule has 1 aliphatic rings. The SMILES string of the molecule is Oc1ccc2[nH]cc(CCNCC3(O)OCC(O)C(O)C3O)c2c1. The van der Waals surface area contributed by atoms with E-state index in [1.54, 1.807) is 18.2 Å². The first-order chi connectivity index (χ1) is 11.4. The van der Waals surface area contributed by atoms with Crippen molar-refractivity contribution in [1.29, 1.82) is 0 Å². The van der Waals surface area contributed by atoms with Crippen LogP contribution in [0.2, 0.25) is 0 Å². The van der Waals surface area contributed by atoms with Gasteiger partial charge in [0, 0.05) is 17.1 Å². The smallest absolute Gasteiger partial charge is 0.207 e. The van der Waals surface area contributed by atoms with Crippen molar-refractivity contribution in [3.63, 3.8) is 0 Å². The minimum absolute atomic E-state index is 0.0917. The van der Waals surface area contributed by atoms with Gasteiger partial charge in [-0.1, -0.05) is 0 Å². The standard InChI is InChI=1S/C16H22N2O6/c19-10-1-2-12-11(5-10)9(6-18-12)3-4-17-8-16(23)15(22)14(21)13(20)7-24-16/h1-2,5-6,13-15,17-23H,3-4,7-8H2. The van der Waals surface area contributed by atoms with Crippen LogP contribution < -0.4 is 5.32 Å². The summed E-state index contributed by atoms with van der Waals surface area (Å²) in [5, 5.41) is 52.6. The number of H-pyrrole nitrogens is 1. The Morgan fingerprint density at radius 2 is 2.08 bits per heavy atom. The fraction of sp³-hybridized carbons (Fsp3) is 0.500. The summed E-state index contributed by atoms with van der Waals surface area (Å²) in [5.74, 6) is -1.76. The number of nitrogens with one attached hydrogen (secondary N) is 2. The number of hydrogen-bond donors (Lipinski definition) is 7. The van der Waals surface area contributed by atoms with Crippen molar-refractivity contribution in [2.75, 3.05) is 19.7 Å². The molecule has 7 N–H and O–H groups in total. The van der Waals surface area contributed by atoms with Crippen molar-refractivity contribution in [2.24, 2.45) is 0 Å². The lowest BCUT2D eigenvalue weighted by Crippen LogP contribution is -2.64. The van der Waals surface area contributed by atoms with Gasteiger partial charge in [0.1, 0.15) is 24.1 Å². The third-order valence-corrected chi connectivity index (χ3v) is 4.38. The second-order valence-electron chi connectivity index (χ2n) is 6.13. The van der Waals surface area contributed by atoms with Crippen molar-refractivity contribution in [3.05, 3.63) is 30.0 Å². The van der Waals surface area contributed by atoms with E-state index in [0.717, 1.165) is 16.5 Å². The van der Waals surface area contributed by atoms with Crippen LogP contribution in [0.5, 0.6) is 5.75 Å². The molecule has 1 aromatic carbocycles. The highest BCUT2D eigenvalue weighted by Crippen LogP contribution is 2.24. The van der Waals surface area contributed by atoms with Gasteiger partial charge in [-0.25, -0.2) is 0 Å².